The molecule has 1 rings (SSSR count). The average molecular weight is 293 g/mol. The Morgan fingerprint density at radius 2 is 2.24 bits per heavy atom. The largest absolute Gasteiger partial charge is 0.395 e. The highest BCUT2D eigenvalue weighted by Crippen LogP contribution is 2.20. The first kappa shape index (κ1) is 17.2. The van der Waals surface area contributed by atoms with Crippen molar-refractivity contribution < 1.29 is 19.0 Å². The number of methoxy groups -OCH3 is 1. The van der Waals surface area contributed by atoms with Crippen LogP contribution in [-0.2, 0) is 9.53 Å². The van der Waals surface area contributed by atoms with Crippen LogP contribution in [0.5, 0.6) is 0 Å². The van der Waals surface area contributed by atoms with Crippen LogP contribution < -0.4 is 5.32 Å². The van der Waals surface area contributed by atoms with Gasteiger partial charge in [0.1, 0.15) is 11.4 Å². The highest BCUT2D eigenvalue weighted by atomic mass is 19.1. The number of aliphatic hydroxyl groups excluding tert-OH is 1. The van der Waals surface area contributed by atoms with E-state index >= 15 is 0 Å². The van der Waals surface area contributed by atoms with E-state index in [4.69, 9.17) is 9.84 Å². The maximum Gasteiger partial charge on any atom is 0.256 e. The Kier molecular flexibility index (Phi) is 6.35. The highest BCUT2D eigenvalue weighted by molar-refractivity contribution is 5.97. The van der Waals surface area contributed by atoms with Crippen LogP contribution in [0.25, 0.3) is 0 Å². The second-order valence-corrected chi connectivity index (χ2v) is 4.71. The van der Waals surface area contributed by atoms with Crippen molar-refractivity contribution in [2.24, 2.45) is 0 Å². The Morgan fingerprint density at radius 1 is 1.52 bits per heavy atom. The predicted octanol–water partition coefficient (Wildman–Crippen LogP) is 2.31. The van der Waals surface area contributed by atoms with Crippen LogP contribution in [0.2, 0.25) is 0 Å². The molecule has 2 N–H and O–H groups in total. The standard InChI is InChI=1S/C16H20FNO3/c1-4-16(2,21-3)15(20)18-14-9-8-12(11-13(14)17)7-5-6-10-19/h8-9,11,19H,4,6,10H2,1-3H3,(H,18,20). The minimum atomic E-state index is -0.994. The molecular formula is C16H20FNO3. The molecule has 0 aromatic heterocycles. The van der Waals surface area contributed by atoms with E-state index in [1.54, 1.807) is 13.0 Å². The van der Waals surface area contributed by atoms with Gasteiger partial charge in [-0.3, -0.25) is 4.79 Å². The van der Waals surface area contributed by atoms with Crippen LogP contribution in [0, 0.1) is 17.7 Å². The maximum absolute atomic E-state index is 13.9. The molecule has 0 saturated carbocycles. The molecule has 4 nitrogen and oxygen atoms in total. The normalized spacial score (nSPS) is 13.0. The first-order chi connectivity index (χ1) is 9.96. The summed E-state index contributed by atoms with van der Waals surface area (Å²) in [7, 11) is 1.44. The summed E-state index contributed by atoms with van der Waals surface area (Å²) < 4.78 is 19.1. The fourth-order valence-electron chi connectivity index (χ4n) is 1.57. The number of nitrogens with one attached hydrogen (secondary N) is 1. The summed E-state index contributed by atoms with van der Waals surface area (Å²) in [6.45, 7) is 3.44. The lowest BCUT2D eigenvalue weighted by molar-refractivity contribution is -0.136. The fraction of sp³-hybridized carbons (Fsp3) is 0.438. The van der Waals surface area contributed by atoms with Crippen LogP contribution in [0.15, 0.2) is 18.2 Å². The van der Waals surface area contributed by atoms with Gasteiger partial charge < -0.3 is 15.2 Å². The van der Waals surface area contributed by atoms with Crippen molar-refractivity contribution in [2.45, 2.75) is 32.3 Å². The molecule has 0 heterocycles. The SMILES string of the molecule is CCC(C)(OC)C(=O)Nc1ccc(C#CCCO)cc1F. The number of carbonyl (C=O) groups is 1. The van der Waals surface area contributed by atoms with Crippen molar-refractivity contribution in [2.75, 3.05) is 19.0 Å². The van der Waals surface area contributed by atoms with Crippen molar-refractivity contribution >= 4 is 11.6 Å². The molecule has 1 atom stereocenters. The minimum Gasteiger partial charge on any atom is -0.395 e. The summed E-state index contributed by atoms with van der Waals surface area (Å²) >= 11 is 0. The van der Waals surface area contributed by atoms with Gasteiger partial charge in [-0.05, 0) is 31.5 Å². The molecule has 0 aliphatic rings. The molecule has 1 aromatic carbocycles. The van der Waals surface area contributed by atoms with Gasteiger partial charge in [-0.1, -0.05) is 18.8 Å². The Morgan fingerprint density at radius 3 is 2.76 bits per heavy atom. The zero-order chi connectivity index (χ0) is 15.9. The molecule has 0 fully saturated rings. The number of amides is 1. The summed E-state index contributed by atoms with van der Waals surface area (Å²) in [6.07, 6.45) is 0.810. The summed E-state index contributed by atoms with van der Waals surface area (Å²) in [4.78, 5) is 12.1. The zero-order valence-corrected chi connectivity index (χ0v) is 12.5. The van der Waals surface area contributed by atoms with Crippen molar-refractivity contribution in [3.05, 3.63) is 29.6 Å². The number of rotatable bonds is 5. The number of hydrogen-bond acceptors (Lipinski definition) is 3. The Labute approximate surface area is 124 Å². The quantitative estimate of drug-likeness (QED) is 0.819. The Bertz CT molecular complexity index is 556. The smallest absolute Gasteiger partial charge is 0.256 e. The molecule has 1 unspecified atom stereocenters. The minimum absolute atomic E-state index is 0.0315. The fourth-order valence-corrected chi connectivity index (χ4v) is 1.57. The molecule has 0 bridgehead atoms. The topological polar surface area (TPSA) is 58.6 Å². The van der Waals surface area contributed by atoms with E-state index < -0.39 is 17.3 Å². The number of carbonyl (C=O) groups excluding carboxylic acids is 1. The molecule has 1 aromatic rings. The van der Waals surface area contributed by atoms with E-state index in [2.05, 4.69) is 17.2 Å². The van der Waals surface area contributed by atoms with Gasteiger partial charge in [-0.25, -0.2) is 4.39 Å². The average Bonchev–Trinajstić information content (AvgIpc) is 2.49. The van der Waals surface area contributed by atoms with E-state index in [9.17, 15) is 9.18 Å². The number of aliphatic hydroxyl groups is 1. The van der Waals surface area contributed by atoms with E-state index in [0.29, 0.717) is 18.4 Å². The van der Waals surface area contributed by atoms with Gasteiger partial charge in [0, 0.05) is 19.1 Å². The van der Waals surface area contributed by atoms with Gasteiger partial charge in [0.05, 0.1) is 12.3 Å². The molecule has 0 spiro atoms. The van der Waals surface area contributed by atoms with E-state index in [0.717, 1.165) is 0 Å². The molecule has 0 radical (unpaired) electrons. The molecule has 0 aliphatic carbocycles. The molecule has 114 valence electrons. The van der Waals surface area contributed by atoms with Gasteiger partial charge in [0.25, 0.3) is 5.91 Å². The summed E-state index contributed by atoms with van der Waals surface area (Å²) in [5.41, 5.74) is -0.417. The number of benzene rings is 1. The second-order valence-electron chi connectivity index (χ2n) is 4.71. The predicted molar refractivity (Wildman–Crippen MR) is 79.3 cm³/mol. The van der Waals surface area contributed by atoms with E-state index in [-0.39, 0.29) is 12.3 Å². The van der Waals surface area contributed by atoms with Gasteiger partial charge in [-0.15, -0.1) is 0 Å². The van der Waals surface area contributed by atoms with E-state index in [1.807, 2.05) is 6.92 Å². The van der Waals surface area contributed by atoms with Crippen molar-refractivity contribution in [3.8, 4) is 11.8 Å². The van der Waals surface area contributed by atoms with Gasteiger partial charge in [0.2, 0.25) is 0 Å². The first-order valence-corrected chi connectivity index (χ1v) is 6.72. The maximum atomic E-state index is 13.9. The third-order valence-corrected chi connectivity index (χ3v) is 3.29. The molecule has 0 saturated heterocycles. The van der Waals surface area contributed by atoms with Crippen LogP contribution in [0.4, 0.5) is 10.1 Å². The van der Waals surface area contributed by atoms with Crippen molar-refractivity contribution in [1.82, 2.24) is 0 Å². The molecule has 0 aliphatic heterocycles. The summed E-state index contributed by atoms with van der Waals surface area (Å²) in [5, 5.41) is 11.1. The van der Waals surface area contributed by atoms with Crippen LogP contribution in [-0.4, -0.2) is 30.3 Å². The van der Waals surface area contributed by atoms with Crippen LogP contribution in [0.3, 0.4) is 0 Å². The Balaban J connectivity index is 2.87. The number of anilines is 1. The van der Waals surface area contributed by atoms with E-state index in [1.165, 1.54) is 19.2 Å². The van der Waals surface area contributed by atoms with Gasteiger partial charge in [-0.2, -0.15) is 0 Å². The lowest BCUT2D eigenvalue weighted by Crippen LogP contribution is -2.41. The third kappa shape index (κ3) is 4.55. The molecular weight excluding hydrogens is 273 g/mol. The van der Waals surface area contributed by atoms with Crippen molar-refractivity contribution in [3.63, 3.8) is 0 Å². The highest BCUT2D eigenvalue weighted by Gasteiger charge is 2.31. The van der Waals surface area contributed by atoms with Crippen molar-refractivity contribution in [1.29, 1.82) is 0 Å². The number of hydrogen-bond donors (Lipinski definition) is 2. The number of ether oxygens (including phenoxy) is 1. The third-order valence-electron chi connectivity index (χ3n) is 3.29. The van der Waals surface area contributed by atoms with Gasteiger partial charge >= 0.3 is 0 Å². The second kappa shape index (κ2) is 7.77. The molecule has 1 amide bonds. The summed E-state index contributed by atoms with van der Waals surface area (Å²) in [6, 6.07) is 4.32. The zero-order valence-electron chi connectivity index (χ0n) is 12.5. The summed E-state index contributed by atoms with van der Waals surface area (Å²) in [5.74, 6) is 4.48. The first-order valence-electron chi connectivity index (χ1n) is 6.72. The number of halogens is 1. The lowest BCUT2D eigenvalue weighted by Gasteiger charge is -2.25. The lowest BCUT2D eigenvalue weighted by atomic mass is 10.0. The monoisotopic (exact) mass is 293 g/mol. The van der Waals surface area contributed by atoms with Crippen LogP contribution in [0.1, 0.15) is 32.3 Å². The Hall–Kier alpha value is -1.90. The molecule has 21 heavy (non-hydrogen) atoms. The van der Waals surface area contributed by atoms with Crippen LogP contribution >= 0.6 is 0 Å². The van der Waals surface area contributed by atoms with Gasteiger partial charge in [0.15, 0.2) is 0 Å². The molecule has 5 heteroatoms.